The minimum absolute atomic E-state index is 0.0913. The maximum Gasteiger partial charge on any atom is 0.417 e. The Balaban J connectivity index is 1.46. The Labute approximate surface area is 209 Å². The second kappa shape index (κ2) is 9.25. The van der Waals surface area contributed by atoms with Gasteiger partial charge in [0, 0.05) is 42.5 Å². The second-order valence-corrected chi connectivity index (χ2v) is 9.08. The predicted molar refractivity (Wildman–Crippen MR) is 132 cm³/mol. The fourth-order valence-corrected chi connectivity index (χ4v) is 4.78. The van der Waals surface area contributed by atoms with Crippen molar-refractivity contribution in [2.24, 2.45) is 0 Å². The Morgan fingerprint density at radius 1 is 1.11 bits per heavy atom. The van der Waals surface area contributed by atoms with E-state index >= 15 is 0 Å². The number of aromatic nitrogens is 3. The van der Waals surface area contributed by atoms with Crippen molar-refractivity contribution in [3.05, 3.63) is 81.5 Å². The maximum absolute atomic E-state index is 13.0. The third-order valence-electron chi connectivity index (χ3n) is 5.99. The molecule has 182 valence electrons. The number of nitrogens with zero attached hydrogens (tertiary/aromatic N) is 4. The molecule has 0 aliphatic carbocycles. The van der Waals surface area contributed by atoms with Crippen molar-refractivity contribution in [3.8, 4) is 11.1 Å². The summed E-state index contributed by atoms with van der Waals surface area (Å²) in [6.45, 7) is 2.94. The molecule has 4 aromatic rings. The van der Waals surface area contributed by atoms with Gasteiger partial charge < -0.3 is 14.2 Å². The molecule has 0 radical (unpaired) electrons. The van der Waals surface area contributed by atoms with E-state index in [2.05, 4.69) is 22.7 Å². The van der Waals surface area contributed by atoms with Crippen LogP contribution in [-0.4, -0.2) is 39.8 Å². The third kappa shape index (κ3) is 4.78. The van der Waals surface area contributed by atoms with Crippen molar-refractivity contribution >= 4 is 41.1 Å². The Morgan fingerprint density at radius 2 is 1.89 bits per heavy atom. The van der Waals surface area contributed by atoms with E-state index < -0.39 is 16.8 Å². The predicted octanol–water partition coefficient (Wildman–Crippen LogP) is 5.12. The maximum atomic E-state index is 13.0. The minimum Gasteiger partial charge on any atom is -0.378 e. The van der Waals surface area contributed by atoms with Crippen molar-refractivity contribution < 1.29 is 17.9 Å². The molecular formula is C24H20ClF3N4O2S. The molecule has 0 unspecified atom stereocenters. The average molecular weight is 521 g/mol. The summed E-state index contributed by atoms with van der Waals surface area (Å²) in [5, 5.41) is 0.459. The molecule has 1 aliphatic heterocycles. The molecular weight excluding hydrogens is 501 g/mol. The van der Waals surface area contributed by atoms with Gasteiger partial charge in [-0.25, -0.2) is 4.98 Å². The van der Waals surface area contributed by atoms with Crippen LogP contribution in [0.3, 0.4) is 0 Å². The van der Waals surface area contributed by atoms with E-state index in [-0.39, 0.29) is 12.1 Å². The molecule has 5 rings (SSSR count). The lowest BCUT2D eigenvalue weighted by molar-refractivity contribution is -0.137. The zero-order valence-corrected chi connectivity index (χ0v) is 19.9. The van der Waals surface area contributed by atoms with Crippen molar-refractivity contribution in [2.75, 3.05) is 31.2 Å². The number of hydrogen-bond acceptors (Lipinski definition) is 5. The van der Waals surface area contributed by atoms with Gasteiger partial charge in [-0.05, 0) is 35.4 Å². The van der Waals surface area contributed by atoms with Gasteiger partial charge in [-0.2, -0.15) is 13.2 Å². The molecule has 0 spiro atoms. The quantitative estimate of drug-likeness (QED) is 0.380. The summed E-state index contributed by atoms with van der Waals surface area (Å²) in [5.74, 6) is 0. The van der Waals surface area contributed by atoms with Crippen LogP contribution in [0.2, 0.25) is 5.02 Å². The molecule has 6 nitrogen and oxygen atoms in total. The molecule has 0 N–H and O–H groups in total. The van der Waals surface area contributed by atoms with Gasteiger partial charge in [0.05, 0.1) is 42.2 Å². The second-order valence-electron chi connectivity index (χ2n) is 8.24. The molecule has 0 atom stereocenters. The first-order valence-corrected chi connectivity index (χ1v) is 11.6. The normalized spacial score (nSPS) is 14.6. The Bertz CT molecular complexity index is 1460. The van der Waals surface area contributed by atoms with Gasteiger partial charge in [0.25, 0.3) is 5.56 Å². The topological polar surface area (TPSA) is 52.3 Å². The van der Waals surface area contributed by atoms with Crippen LogP contribution in [0.25, 0.3) is 22.2 Å². The molecule has 11 heteroatoms. The van der Waals surface area contributed by atoms with Gasteiger partial charge in [-0.1, -0.05) is 30.5 Å². The number of fused-ring (bicyclic) bond motifs is 1. The van der Waals surface area contributed by atoms with E-state index in [0.29, 0.717) is 30.0 Å². The van der Waals surface area contributed by atoms with E-state index in [4.69, 9.17) is 16.3 Å². The zero-order valence-electron chi connectivity index (χ0n) is 18.3. The Morgan fingerprint density at radius 3 is 2.57 bits per heavy atom. The lowest BCUT2D eigenvalue weighted by Gasteiger charge is -2.28. The van der Waals surface area contributed by atoms with Gasteiger partial charge in [0.1, 0.15) is 0 Å². The molecule has 0 saturated carbocycles. The highest BCUT2D eigenvalue weighted by molar-refractivity contribution is 7.78. The van der Waals surface area contributed by atoms with Crippen molar-refractivity contribution in [1.82, 2.24) is 13.5 Å². The van der Waals surface area contributed by atoms with Crippen molar-refractivity contribution in [2.45, 2.75) is 12.7 Å². The number of ether oxygens (including phenoxy) is 1. The lowest BCUT2D eigenvalue weighted by atomic mass is 10.1. The first-order chi connectivity index (χ1) is 16.7. The molecule has 1 aromatic carbocycles. The highest BCUT2D eigenvalue weighted by atomic mass is 35.5. The van der Waals surface area contributed by atoms with Crippen LogP contribution in [0.4, 0.5) is 18.9 Å². The van der Waals surface area contributed by atoms with Crippen LogP contribution in [0.1, 0.15) is 11.1 Å². The molecule has 1 fully saturated rings. The van der Waals surface area contributed by atoms with Crippen LogP contribution in [0.5, 0.6) is 0 Å². The van der Waals surface area contributed by atoms with Gasteiger partial charge in [0.2, 0.25) is 0 Å². The fraction of sp³-hybridized carbons (Fsp3) is 0.250. The number of benzene rings is 1. The summed E-state index contributed by atoms with van der Waals surface area (Å²) < 4.78 is 47.3. The Hall–Kier alpha value is -2.95. The number of halogens is 4. The van der Waals surface area contributed by atoms with E-state index in [0.717, 1.165) is 35.8 Å². The van der Waals surface area contributed by atoms with Crippen molar-refractivity contribution in [1.29, 1.82) is 0 Å². The summed E-state index contributed by atoms with van der Waals surface area (Å²) in [4.78, 5) is 19.6. The van der Waals surface area contributed by atoms with E-state index in [1.165, 1.54) is 22.8 Å². The summed E-state index contributed by atoms with van der Waals surface area (Å²) in [7, 11) is 0. The van der Waals surface area contributed by atoms with E-state index in [9.17, 15) is 18.0 Å². The summed E-state index contributed by atoms with van der Waals surface area (Å²) >= 11 is 10.3. The average Bonchev–Trinajstić information content (AvgIpc) is 3.16. The largest absolute Gasteiger partial charge is 0.417 e. The SMILES string of the molecule is O=c1cc(-c2cn(S)c3ncc(N4CCOCC4)cc23)ccn1Cc1ccc(C(F)(F)F)c(Cl)c1. The van der Waals surface area contributed by atoms with Crippen molar-refractivity contribution in [3.63, 3.8) is 0 Å². The van der Waals surface area contributed by atoms with Crippen LogP contribution < -0.4 is 10.5 Å². The lowest BCUT2D eigenvalue weighted by Crippen LogP contribution is -2.36. The first kappa shape index (κ1) is 23.8. The number of pyridine rings is 2. The molecule has 0 bridgehead atoms. The number of rotatable bonds is 4. The molecule has 1 aliphatic rings. The van der Waals surface area contributed by atoms with Crippen LogP contribution >= 0.6 is 24.4 Å². The number of morpholine rings is 1. The van der Waals surface area contributed by atoms with Gasteiger partial charge in [-0.3, -0.25) is 8.77 Å². The van der Waals surface area contributed by atoms with Crippen LogP contribution in [-0.2, 0) is 17.5 Å². The molecule has 4 heterocycles. The Kier molecular flexibility index (Phi) is 6.29. The highest BCUT2D eigenvalue weighted by Gasteiger charge is 2.33. The van der Waals surface area contributed by atoms with E-state index in [1.54, 1.807) is 28.6 Å². The number of alkyl halides is 3. The minimum atomic E-state index is -4.53. The standard InChI is InChI=1S/C24H20ClF3N4O2S/c25-21-9-15(1-2-20(21)24(26,27)28)13-31-4-3-16(10-22(31)33)19-14-32(35)23-18(19)11-17(12-29-23)30-5-7-34-8-6-30/h1-4,9-12,14,35H,5-8,13H2. The molecule has 3 aromatic heterocycles. The molecule has 0 amide bonds. The monoisotopic (exact) mass is 520 g/mol. The van der Waals surface area contributed by atoms with Gasteiger partial charge in [-0.15, -0.1) is 0 Å². The zero-order chi connectivity index (χ0) is 24.7. The first-order valence-electron chi connectivity index (χ1n) is 10.8. The number of thiol groups is 1. The van der Waals surface area contributed by atoms with Gasteiger partial charge >= 0.3 is 6.18 Å². The summed E-state index contributed by atoms with van der Waals surface area (Å²) in [6.07, 6.45) is 0.691. The van der Waals surface area contributed by atoms with Crippen LogP contribution in [0, 0.1) is 0 Å². The number of hydrogen-bond donors (Lipinski definition) is 1. The summed E-state index contributed by atoms with van der Waals surface area (Å²) in [6, 6.07) is 8.80. The van der Waals surface area contributed by atoms with E-state index in [1.807, 2.05) is 6.07 Å². The number of anilines is 1. The highest BCUT2D eigenvalue weighted by Crippen LogP contribution is 2.35. The van der Waals surface area contributed by atoms with Gasteiger partial charge in [0.15, 0.2) is 5.65 Å². The third-order valence-corrected chi connectivity index (χ3v) is 6.60. The smallest absolute Gasteiger partial charge is 0.378 e. The van der Waals surface area contributed by atoms with Crippen LogP contribution in [0.15, 0.2) is 59.8 Å². The molecule has 1 saturated heterocycles. The fourth-order valence-electron chi connectivity index (χ4n) is 4.19. The molecule has 35 heavy (non-hydrogen) atoms. The summed E-state index contributed by atoms with van der Waals surface area (Å²) in [5.41, 5.74) is 2.42.